The Kier molecular flexibility index (Phi) is 5.17. The highest BCUT2D eigenvalue weighted by atomic mass is 15.2. The van der Waals surface area contributed by atoms with Crippen LogP contribution in [0.25, 0.3) is 5.57 Å². The SMILES string of the molecule is CC1=CNC(=NCCc2cccnc2)N/C1=C(\C#N)c1ccccn1. The highest BCUT2D eigenvalue weighted by Gasteiger charge is 2.17. The van der Waals surface area contributed by atoms with Gasteiger partial charge in [-0.1, -0.05) is 12.1 Å². The van der Waals surface area contributed by atoms with Crippen LogP contribution in [0.15, 0.2) is 71.4 Å². The van der Waals surface area contributed by atoms with Crippen molar-refractivity contribution in [1.82, 2.24) is 20.6 Å². The van der Waals surface area contributed by atoms with E-state index in [1.807, 2.05) is 49.7 Å². The average molecular weight is 330 g/mol. The van der Waals surface area contributed by atoms with Crippen LogP contribution in [0.2, 0.25) is 0 Å². The van der Waals surface area contributed by atoms with Gasteiger partial charge in [0, 0.05) is 31.3 Å². The lowest BCUT2D eigenvalue weighted by Gasteiger charge is -2.21. The van der Waals surface area contributed by atoms with Gasteiger partial charge in [-0.05, 0) is 42.7 Å². The molecule has 2 aromatic heterocycles. The Balaban J connectivity index is 1.79. The van der Waals surface area contributed by atoms with Gasteiger partial charge in [-0.3, -0.25) is 15.0 Å². The van der Waals surface area contributed by atoms with Crippen LogP contribution in [-0.2, 0) is 6.42 Å². The molecule has 6 nitrogen and oxygen atoms in total. The number of nitrogens with zero attached hydrogens (tertiary/aromatic N) is 4. The highest BCUT2D eigenvalue weighted by molar-refractivity contribution is 5.90. The molecule has 6 heteroatoms. The summed E-state index contributed by atoms with van der Waals surface area (Å²) in [6.45, 7) is 2.55. The topological polar surface area (TPSA) is 86.0 Å². The zero-order valence-electron chi connectivity index (χ0n) is 13.9. The highest BCUT2D eigenvalue weighted by Crippen LogP contribution is 2.20. The van der Waals surface area contributed by atoms with Gasteiger partial charge in [0.05, 0.1) is 11.4 Å². The first-order valence-electron chi connectivity index (χ1n) is 7.98. The van der Waals surface area contributed by atoms with Gasteiger partial charge in [0.2, 0.25) is 0 Å². The van der Waals surface area contributed by atoms with Crippen molar-refractivity contribution in [2.24, 2.45) is 4.99 Å². The number of nitriles is 1. The third-order valence-electron chi connectivity index (χ3n) is 3.74. The minimum absolute atomic E-state index is 0.496. The molecule has 3 rings (SSSR count). The van der Waals surface area contributed by atoms with Crippen LogP contribution in [0.4, 0.5) is 0 Å². The van der Waals surface area contributed by atoms with Crippen LogP contribution in [0.5, 0.6) is 0 Å². The van der Waals surface area contributed by atoms with Gasteiger partial charge < -0.3 is 10.6 Å². The average Bonchev–Trinajstić information content (AvgIpc) is 2.66. The van der Waals surface area contributed by atoms with E-state index in [0.717, 1.165) is 23.3 Å². The van der Waals surface area contributed by atoms with E-state index in [-0.39, 0.29) is 0 Å². The van der Waals surface area contributed by atoms with Crippen LogP contribution in [0.1, 0.15) is 18.2 Å². The van der Waals surface area contributed by atoms with Gasteiger partial charge in [-0.15, -0.1) is 0 Å². The maximum atomic E-state index is 9.58. The number of aromatic nitrogens is 2. The molecule has 0 aromatic carbocycles. The van der Waals surface area contributed by atoms with Crippen LogP contribution in [-0.4, -0.2) is 22.5 Å². The van der Waals surface area contributed by atoms with E-state index < -0.39 is 0 Å². The molecule has 3 heterocycles. The summed E-state index contributed by atoms with van der Waals surface area (Å²) in [4.78, 5) is 12.9. The van der Waals surface area contributed by atoms with Gasteiger partial charge in [0.1, 0.15) is 11.6 Å². The Morgan fingerprint density at radius 3 is 2.88 bits per heavy atom. The van der Waals surface area contributed by atoms with Crippen molar-refractivity contribution in [2.75, 3.05) is 6.54 Å². The molecule has 0 spiro atoms. The normalized spacial score (nSPS) is 17.1. The number of hydrogen-bond donors (Lipinski definition) is 2. The van der Waals surface area contributed by atoms with Crippen molar-refractivity contribution in [1.29, 1.82) is 5.26 Å². The van der Waals surface area contributed by atoms with Crippen molar-refractivity contribution in [3.63, 3.8) is 0 Å². The Morgan fingerprint density at radius 2 is 2.16 bits per heavy atom. The van der Waals surface area contributed by atoms with Crippen molar-refractivity contribution >= 4 is 11.5 Å². The molecule has 0 saturated carbocycles. The molecule has 25 heavy (non-hydrogen) atoms. The number of allylic oxidation sites excluding steroid dienone is 2. The Bertz CT molecular complexity index is 860. The van der Waals surface area contributed by atoms with Crippen molar-refractivity contribution in [2.45, 2.75) is 13.3 Å². The molecule has 0 radical (unpaired) electrons. The maximum Gasteiger partial charge on any atom is 0.199 e. The predicted molar refractivity (Wildman–Crippen MR) is 97.0 cm³/mol. The summed E-state index contributed by atoms with van der Waals surface area (Å²) in [6, 6.07) is 11.7. The first kappa shape index (κ1) is 16.4. The standard InChI is InChI=1S/C19H18N6/c1-14-12-24-19(23-10-7-15-5-4-8-21-13-15)25-18(14)16(11-20)17-6-2-3-9-22-17/h2-6,8-9,12-13H,7,10H2,1H3,(H2,23,24,25)/b18-16+. The zero-order chi connectivity index (χ0) is 17.5. The zero-order valence-corrected chi connectivity index (χ0v) is 13.9. The van der Waals surface area contributed by atoms with Crippen LogP contribution >= 0.6 is 0 Å². The fourth-order valence-corrected chi connectivity index (χ4v) is 2.44. The molecule has 1 aliphatic rings. The van der Waals surface area contributed by atoms with Crippen LogP contribution in [0, 0.1) is 11.3 Å². The molecule has 0 unspecified atom stereocenters. The van der Waals surface area contributed by atoms with E-state index in [2.05, 4.69) is 31.7 Å². The lowest BCUT2D eigenvalue weighted by atomic mass is 10.1. The molecule has 0 bridgehead atoms. The summed E-state index contributed by atoms with van der Waals surface area (Å²) in [7, 11) is 0. The Hall–Kier alpha value is -3.46. The summed E-state index contributed by atoms with van der Waals surface area (Å²) in [6.07, 6.45) is 7.91. The molecule has 0 atom stereocenters. The molecule has 0 saturated heterocycles. The minimum Gasteiger partial charge on any atom is -0.332 e. The predicted octanol–water partition coefficient (Wildman–Crippen LogP) is 2.41. The van der Waals surface area contributed by atoms with Crippen LogP contribution in [0.3, 0.4) is 0 Å². The number of guanidine groups is 1. The molecular weight excluding hydrogens is 312 g/mol. The largest absolute Gasteiger partial charge is 0.332 e. The van der Waals surface area contributed by atoms with Crippen molar-refractivity contribution in [3.8, 4) is 6.07 Å². The summed E-state index contributed by atoms with van der Waals surface area (Å²) in [5, 5.41) is 15.9. The van der Waals surface area contributed by atoms with Crippen molar-refractivity contribution in [3.05, 3.63) is 77.6 Å². The number of pyridine rings is 2. The lowest BCUT2D eigenvalue weighted by molar-refractivity contribution is 0.906. The second kappa shape index (κ2) is 7.88. The fraction of sp³-hybridized carbons (Fsp3) is 0.158. The Morgan fingerprint density at radius 1 is 1.24 bits per heavy atom. The molecule has 2 N–H and O–H groups in total. The van der Waals surface area contributed by atoms with Gasteiger partial charge in [0.15, 0.2) is 5.96 Å². The van der Waals surface area contributed by atoms with Gasteiger partial charge in [0.25, 0.3) is 0 Å². The number of aliphatic imine (C=N–C) groups is 1. The summed E-state index contributed by atoms with van der Waals surface area (Å²) in [5.74, 6) is 0.619. The minimum atomic E-state index is 0.496. The molecule has 0 amide bonds. The smallest absolute Gasteiger partial charge is 0.199 e. The molecular formula is C19H18N6. The molecule has 2 aromatic rings. The first-order valence-corrected chi connectivity index (χ1v) is 7.98. The molecule has 0 aliphatic carbocycles. The van der Waals surface area contributed by atoms with Crippen LogP contribution < -0.4 is 10.6 Å². The Labute approximate surface area is 146 Å². The summed E-state index contributed by atoms with van der Waals surface area (Å²) >= 11 is 0. The third kappa shape index (κ3) is 4.09. The molecule has 0 fully saturated rings. The van der Waals surface area contributed by atoms with Gasteiger partial charge in [-0.25, -0.2) is 0 Å². The molecule has 1 aliphatic heterocycles. The van der Waals surface area contributed by atoms with E-state index in [1.165, 1.54) is 0 Å². The number of nitrogens with one attached hydrogen (secondary N) is 2. The first-order chi connectivity index (χ1) is 12.3. The second-order valence-electron chi connectivity index (χ2n) is 5.52. The maximum absolute atomic E-state index is 9.58. The lowest BCUT2D eigenvalue weighted by Crippen LogP contribution is -2.39. The third-order valence-corrected chi connectivity index (χ3v) is 3.74. The number of rotatable bonds is 4. The summed E-state index contributed by atoms with van der Waals surface area (Å²) < 4.78 is 0. The van der Waals surface area contributed by atoms with Gasteiger partial charge >= 0.3 is 0 Å². The fourth-order valence-electron chi connectivity index (χ4n) is 2.44. The summed E-state index contributed by atoms with van der Waals surface area (Å²) in [5.41, 5.74) is 3.91. The van der Waals surface area contributed by atoms with Gasteiger partial charge in [-0.2, -0.15) is 5.26 Å². The monoisotopic (exact) mass is 330 g/mol. The van der Waals surface area contributed by atoms with E-state index in [4.69, 9.17) is 0 Å². The quantitative estimate of drug-likeness (QED) is 0.841. The van der Waals surface area contributed by atoms with Crippen molar-refractivity contribution < 1.29 is 0 Å². The van der Waals surface area contributed by atoms with E-state index in [1.54, 1.807) is 12.4 Å². The van der Waals surface area contributed by atoms with E-state index >= 15 is 0 Å². The van der Waals surface area contributed by atoms with E-state index in [9.17, 15) is 5.26 Å². The number of hydrogen-bond acceptors (Lipinski definition) is 4. The second-order valence-corrected chi connectivity index (χ2v) is 5.52. The molecule has 124 valence electrons. The van der Waals surface area contributed by atoms with E-state index in [0.29, 0.717) is 23.8 Å².